The van der Waals surface area contributed by atoms with E-state index in [1.54, 1.807) is 22.0 Å². The molecule has 0 saturated carbocycles. The van der Waals surface area contributed by atoms with E-state index in [4.69, 9.17) is 5.26 Å². The minimum atomic E-state index is 0.258. The Balaban J connectivity index is 1.83. The third kappa shape index (κ3) is 3.25. The summed E-state index contributed by atoms with van der Waals surface area (Å²) in [4.78, 5) is 4.64. The summed E-state index contributed by atoms with van der Waals surface area (Å²) < 4.78 is 1.79. The predicted octanol–water partition coefficient (Wildman–Crippen LogP) is 3.92. The molecule has 0 radical (unpaired) electrons. The molecule has 0 aliphatic rings. The first-order valence-electron chi connectivity index (χ1n) is 8.50. The zero-order valence-electron chi connectivity index (χ0n) is 15.1. The van der Waals surface area contributed by atoms with Crippen LogP contribution in [0.15, 0.2) is 36.7 Å². The highest BCUT2D eigenvalue weighted by Gasteiger charge is 2.15. The topological polar surface area (TPSA) is 91.8 Å². The van der Waals surface area contributed by atoms with Gasteiger partial charge < -0.3 is 5.32 Å². The molecule has 4 rings (SSSR count). The standard InChI is InChI=1S/C19H17N7S/c1-11(2)23-16-7-17(21-10-15(16)19-25-24-12(3)27-19)18-5-4-14-6-13(8-20)9-22-26(14)18/h4-7,9-11H,1-3H3,(H,21,23). The Hall–Kier alpha value is -3.31. The molecule has 4 aromatic rings. The van der Waals surface area contributed by atoms with Gasteiger partial charge in [0.15, 0.2) is 5.01 Å². The number of anilines is 1. The fraction of sp³-hybridized carbons (Fsp3) is 0.211. The van der Waals surface area contributed by atoms with Gasteiger partial charge in [0.1, 0.15) is 11.1 Å². The highest BCUT2D eigenvalue weighted by molar-refractivity contribution is 7.14. The second kappa shape index (κ2) is 6.78. The van der Waals surface area contributed by atoms with Gasteiger partial charge in [0.2, 0.25) is 0 Å². The molecule has 0 aromatic carbocycles. The summed E-state index contributed by atoms with van der Waals surface area (Å²) in [6.07, 6.45) is 3.38. The first kappa shape index (κ1) is 17.1. The van der Waals surface area contributed by atoms with Crippen LogP contribution in [0.3, 0.4) is 0 Å². The van der Waals surface area contributed by atoms with Crippen LogP contribution in [0.5, 0.6) is 0 Å². The van der Waals surface area contributed by atoms with E-state index in [1.165, 1.54) is 0 Å². The van der Waals surface area contributed by atoms with Crippen LogP contribution in [0, 0.1) is 18.3 Å². The lowest BCUT2D eigenvalue weighted by atomic mass is 10.1. The summed E-state index contributed by atoms with van der Waals surface area (Å²) in [5.41, 5.74) is 4.92. The van der Waals surface area contributed by atoms with Crippen molar-refractivity contribution in [3.63, 3.8) is 0 Å². The van der Waals surface area contributed by atoms with Gasteiger partial charge in [0.05, 0.1) is 34.2 Å². The van der Waals surface area contributed by atoms with Gasteiger partial charge in [0, 0.05) is 17.9 Å². The van der Waals surface area contributed by atoms with Crippen LogP contribution < -0.4 is 5.32 Å². The van der Waals surface area contributed by atoms with Crippen molar-refractivity contribution < 1.29 is 0 Å². The molecule has 0 unspecified atom stereocenters. The maximum absolute atomic E-state index is 9.05. The van der Waals surface area contributed by atoms with Crippen molar-refractivity contribution in [1.82, 2.24) is 24.8 Å². The SMILES string of the molecule is Cc1nnc(-c2cnc(-c3ccc4cc(C#N)cnn34)cc2NC(C)C)s1. The number of aromatic nitrogens is 5. The molecule has 8 heteroatoms. The molecule has 0 aliphatic carbocycles. The van der Waals surface area contributed by atoms with Gasteiger partial charge >= 0.3 is 0 Å². The lowest BCUT2D eigenvalue weighted by molar-refractivity contribution is 0.898. The number of nitrogens with one attached hydrogen (secondary N) is 1. The monoisotopic (exact) mass is 375 g/mol. The van der Waals surface area contributed by atoms with Crippen LogP contribution in [0.2, 0.25) is 0 Å². The van der Waals surface area contributed by atoms with Crippen molar-refractivity contribution in [3.05, 3.63) is 47.2 Å². The largest absolute Gasteiger partial charge is 0.382 e. The highest BCUT2D eigenvalue weighted by Crippen LogP contribution is 2.33. The lowest BCUT2D eigenvalue weighted by Gasteiger charge is -2.14. The van der Waals surface area contributed by atoms with Crippen LogP contribution in [0.1, 0.15) is 24.4 Å². The third-order valence-electron chi connectivity index (χ3n) is 4.00. The Kier molecular flexibility index (Phi) is 4.30. The first-order chi connectivity index (χ1) is 13.0. The summed E-state index contributed by atoms with van der Waals surface area (Å²) in [7, 11) is 0. The Morgan fingerprint density at radius 2 is 2.04 bits per heavy atom. The minimum absolute atomic E-state index is 0.258. The quantitative estimate of drug-likeness (QED) is 0.581. The molecule has 4 aromatic heterocycles. The fourth-order valence-corrected chi connectivity index (χ4v) is 3.57. The van der Waals surface area contributed by atoms with E-state index < -0.39 is 0 Å². The molecule has 7 nitrogen and oxygen atoms in total. The Morgan fingerprint density at radius 1 is 1.19 bits per heavy atom. The number of nitrogens with zero attached hydrogens (tertiary/aromatic N) is 6. The summed E-state index contributed by atoms with van der Waals surface area (Å²) in [5, 5.41) is 27.0. The van der Waals surface area contributed by atoms with Gasteiger partial charge in [-0.15, -0.1) is 10.2 Å². The number of pyridine rings is 1. The van der Waals surface area contributed by atoms with Crippen molar-refractivity contribution in [2.24, 2.45) is 0 Å². The Bertz CT molecular complexity index is 1170. The number of rotatable bonds is 4. The van der Waals surface area contributed by atoms with Crippen LogP contribution in [-0.2, 0) is 0 Å². The number of nitriles is 1. The Labute approximate surface area is 160 Å². The molecule has 0 bridgehead atoms. The number of aryl methyl sites for hydroxylation is 1. The van der Waals surface area contributed by atoms with Crippen molar-refractivity contribution in [2.75, 3.05) is 5.32 Å². The van der Waals surface area contributed by atoms with E-state index in [1.807, 2.05) is 37.4 Å². The maximum atomic E-state index is 9.05. The molecule has 1 N–H and O–H groups in total. The van der Waals surface area contributed by atoms with Gasteiger partial charge in [0.25, 0.3) is 0 Å². The molecule has 134 valence electrons. The van der Waals surface area contributed by atoms with E-state index in [0.717, 1.165) is 38.2 Å². The predicted molar refractivity (Wildman–Crippen MR) is 106 cm³/mol. The average molecular weight is 375 g/mol. The summed E-state index contributed by atoms with van der Waals surface area (Å²) >= 11 is 1.54. The van der Waals surface area contributed by atoms with E-state index in [9.17, 15) is 0 Å². The zero-order chi connectivity index (χ0) is 19.0. The molecule has 27 heavy (non-hydrogen) atoms. The molecule has 0 atom stereocenters. The third-order valence-corrected chi connectivity index (χ3v) is 4.87. The van der Waals surface area contributed by atoms with Crippen molar-refractivity contribution in [2.45, 2.75) is 26.8 Å². The molecule has 0 amide bonds. The number of hydrogen-bond donors (Lipinski definition) is 1. The van der Waals surface area contributed by atoms with Gasteiger partial charge in [-0.2, -0.15) is 10.4 Å². The zero-order valence-corrected chi connectivity index (χ0v) is 15.9. The fourth-order valence-electron chi connectivity index (χ4n) is 2.86. The molecular weight excluding hydrogens is 358 g/mol. The summed E-state index contributed by atoms with van der Waals surface area (Å²) in [6, 6.07) is 10.1. The van der Waals surface area contributed by atoms with E-state index in [0.29, 0.717) is 5.56 Å². The van der Waals surface area contributed by atoms with Crippen molar-refractivity contribution in [3.8, 4) is 28.0 Å². The first-order valence-corrected chi connectivity index (χ1v) is 9.32. The lowest BCUT2D eigenvalue weighted by Crippen LogP contribution is -2.11. The molecule has 4 heterocycles. The second-order valence-corrected chi connectivity index (χ2v) is 7.63. The second-order valence-electron chi connectivity index (χ2n) is 6.45. The Morgan fingerprint density at radius 3 is 2.74 bits per heavy atom. The minimum Gasteiger partial charge on any atom is -0.382 e. The van der Waals surface area contributed by atoms with Gasteiger partial charge in [-0.3, -0.25) is 4.98 Å². The number of fused-ring (bicyclic) bond motifs is 1. The normalized spacial score (nSPS) is 11.1. The van der Waals surface area contributed by atoms with E-state index in [2.05, 4.69) is 45.5 Å². The summed E-state index contributed by atoms with van der Waals surface area (Å²) in [6.45, 7) is 6.12. The molecule has 0 aliphatic heterocycles. The van der Waals surface area contributed by atoms with Crippen LogP contribution >= 0.6 is 11.3 Å². The van der Waals surface area contributed by atoms with Crippen LogP contribution in [-0.4, -0.2) is 30.8 Å². The van der Waals surface area contributed by atoms with Crippen LogP contribution in [0.4, 0.5) is 5.69 Å². The average Bonchev–Trinajstić information content (AvgIpc) is 3.26. The molecule has 0 spiro atoms. The van der Waals surface area contributed by atoms with Gasteiger partial charge in [-0.05, 0) is 45.0 Å². The van der Waals surface area contributed by atoms with Crippen LogP contribution in [0.25, 0.3) is 27.5 Å². The smallest absolute Gasteiger partial charge is 0.151 e. The van der Waals surface area contributed by atoms with Gasteiger partial charge in [-0.25, -0.2) is 4.52 Å². The number of hydrogen-bond acceptors (Lipinski definition) is 7. The van der Waals surface area contributed by atoms with Gasteiger partial charge in [-0.1, -0.05) is 11.3 Å². The molecular formula is C19H17N7S. The summed E-state index contributed by atoms with van der Waals surface area (Å²) in [5.74, 6) is 0. The highest BCUT2D eigenvalue weighted by atomic mass is 32.1. The van der Waals surface area contributed by atoms with Crippen molar-refractivity contribution >= 4 is 22.5 Å². The van der Waals surface area contributed by atoms with Crippen molar-refractivity contribution in [1.29, 1.82) is 5.26 Å². The van der Waals surface area contributed by atoms with E-state index in [-0.39, 0.29) is 6.04 Å². The molecule has 0 saturated heterocycles. The maximum Gasteiger partial charge on any atom is 0.151 e. The van der Waals surface area contributed by atoms with E-state index >= 15 is 0 Å². The molecule has 0 fully saturated rings.